The van der Waals surface area contributed by atoms with E-state index >= 15 is 0 Å². The highest BCUT2D eigenvalue weighted by Gasteiger charge is 2.19. The summed E-state index contributed by atoms with van der Waals surface area (Å²) in [5.74, 6) is -0.306. The summed E-state index contributed by atoms with van der Waals surface area (Å²) < 4.78 is 45.3. The van der Waals surface area contributed by atoms with Gasteiger partial charge < -0.3 is 9.84 Å². The lowest BCUT2D eigenvalue weighted by molar-refractivity contribution is 0.281. The number of ether oxygens (including phenoxy) is 1. The van der Waals surface area contributed by atoms with Gasteiger partial charge in [0.2, 0.25) is 0 Å². The fourth-order valence-electron chi connectivity index (χ4n) is 1.72. The van der Waals surface area contributed by atoms with Crippen molar-refractivity contribution in [3.05, 3.63) is 53.8 Å². The summed E-state index contributed by atoms with van der Waals surface area (Å²) >= 11 is 0. The number of rotatable bonds is 5. The number of halogens is 1. The maximum Gasteiger partial charge on any atom is 0.264 e. The summed E-state index contributed by atoms with van der Waals surface area (Å²) in [7, 11) is -2.58. The molecule has 2 rings (SSSR count). The SMILES string of the molecule is COc1ccc(NS(=O)(=O)c2cc(CO)ccc2F)cc1. The Balaban J connectivity index is 2.33. The van der Waals surface area contributed by atoms with Crippen molar-refractivity contribution in [3.63, 3.8) is 0 Å². The van der Waals surface area contributed by atoms with Gasteiger partial charge in [-0.15, -0.1) is 0 Å². The molecule has 0 aliphatic heterocycles. The van der Waals surface area contributed by atoms with Gasteiger partial charge in [-0.05, 0) is 42.0 Å². The summed E-state index contributed by atoms with van der Waals surface area (Å²) in [6.45, 7) is -0.370. The molecule has 0 fully saturated rings. The van der Waals surface area contributed by atoms with Crippen LogP contribution in [0.3, 0.4) is 0 Å². The second kappa shape index (κ2) is 6.11. The average Bonchev–Trinajstić information content (AvgIpc) is 2.48. The Morgan fingerprint density at radius 2 is 1.86 bits per heavy atom. The highest BCUT2D eigenvalue weighted by atomic mass is 32.2. The van der Waals surface area contributed by atoms with Crippen molar-refractivity contribution in [2.45, 2.75) is 11.5 Å². The number of aliphatic hydroxyl groups excluding tert-OH is 1. The molecule has 112 valence electrons. The molecule has 7 heteroatoms. The standard InChI is InChI=1S/C14H14FNO4S/c1-20-12-5-3-11(4-6-12)16-21(18,19)14-8-10(9-17)2-7-13(14)15/h2-8,16-17H,9H2,1H3. The second-order valence-corrected chi connectivity index (χ2v) is 5.91. The van der Waals surface area contributed by atoms with E-state index in [-0.39, 0.29) is 12.3 Å². The summed E-state index contributed by atoms with van der Waals surface area (Å²) in [5.41, 5.74) is 0.594. The lowest BCUT2D eigenvalue weighted by Crippen LogP contribution is -2.15. The first-order valence-electron chi connectivity index (χ1n) is 6.02. The summed E-state index contributed by atoms with van der Waals surface area (Å²) in [5, 5.41) is 9.01. The molecule has 5 nitrogen and oxygen atoms in total. The molecular weight excluding hydrogens is 297 g/mol. The molecule has 0 spiro atoms. The molecular formula is C14H14FNO4S. The van der Waals surface area contributed by atoms with E-state index in [9.17, 15) is 12.8 Å². The zero-order valence-electron chi connectivity index (χ0n) is 11.2. The predicted octanol–water partition coefficient (Wildman–Crippen LogP) is 2.13. The van der Waals surface area contributed by atoms with Gasteiger partial charge in [-0.2, -0.15) is 0 Å². The van der Waals surface area contributed by atoms with E-state index in [2.05, 4.69) is 4.72 Å². The van der Waals surface area contributed by atoms with E-state index in [1.165, 1.54) is 25.3 Å². The van der Waals surface area contributed by atoms with Gasteiger partial charge in [-0.25, -0.2) is 12.8 Å². The minimum Gasteiger partial charge on any atom is -0.497 e. The minimum absolute atomic E-state index is 0.282. The molecule has 0 heterocycles. The van der Waals surface area contributed by atoms with Crippen LogP contribution >= 0.6 is 0 Å². The predicted molar refractivity (Wildman–Crippen MR) is 76.1 cm³/mol. The molecule has 0 saturated carbocycles. The third-order valence-corrected chi connectivity index (χ3v) is 4.21. The largest absolute Gasteiger partial charge is 0.497 e. The topological polar surface area (TPSA) is 75.6 Å². The molecule has 0 unspecified atom stereocenters. The van der Waals surface area contributed by atoms with E-state index in [0.29, 0.717) is 11.3 Å². The van der Waals surface area contributed by atoms with Gasteiger partial charge in [0.1, 0.15) is 16.5 Å². The van der Waals surface area contributed by atoms with Crippen LogP contribution in [0.15, 0.2) is 47.4 Å². The number of hydrogen-bond acceptors (Lipinski definition) is 4. The fourth-order valence-corrected chi connectivity index (χ4v) is 2.91. The Bertz CT molecular complexity index is 729. The smallest absolute Gasteiger partial charge is 0.264 e. The van der Waals surface area contributed by atoms with E-state index in [4.69, 9.17) is 9.84 Å². The highest BCUT2D eigenvalue weighted by molar-refractivity contribution is 7.92. The molecule has 2 N–H and O–H groups in total. The van der Waals surface area contributed by atoms with E-state index in [1.807, 2.05) is 0 Å². The molecule has 21 heavy (non-hydrogen) atoms. The Morgan fingerprint density at radius 3 is 2.43 bits per heavy atom. The fraction of sp³-hybridized carbons (Fsp3) is 0.143. The van der Waals surface area contributed by atoms with Crippen LogP contribution in [0.4, 0.5) is 10.1 Å². The summed E-state index contributed by atoms with van der Waals surface area (Å²) in [4.78, 5) is -0.509. The molecule has 0 saturated heterocycles. The first-order valence-corrected chi connectivity index (χ1v) is 7.51. The molecule has 0 aromatic heterocycles. The first kappa shape index (κ1) is 15.3. The lowest BCUT2D eigenvalue weighted by atomic mass is 10.2. The molecule has 2 aromatic carbocycles. The van der Waals surface area contributed by atoms with Crippen molar-refractivity contribution in [2.75, 3.05) is 11.8 Å². The highest BCUT2D eigenvalue weighted by Crippen LogP contribution is 2.22. The maximum atomic E-state index is 13.7. The van der Waals surface area contributed by atoms with Crippen LogP contribution in [0.5, 0.6) is 5.75 Å². The van der Waals surface area contributed by atoms with Gasteiger partial charge in [0.15, 0.2) is 0 Å². The molecule has 0 aliphatic rings. The number of anilines is 1. The lowest BCUT2D eigenvalue weighted by Gasteiger charge is -2.10. The summed E-state index contributed by atoms with van der Waals surface area (Å²) in [6.07, 6.45) is 0. The van der Waals surface area contributed by atoms with Gasteiger partial charge in [0, 0.05) is 5.69 Å². The van der Waals surface area contributed by atoms with E-state index < -0.39 is 20.7 Å². The van der Waals surface area contributed by atoms with Crippen molar-refractivity contribution in [3.8, 4) is 5.75 Å². The van der Waals surface area contributed by atoms with Crippen LogP contribution in [0.2, 0.25) is 0 Å². The number of sulfonamides is 1. The quantitative estimate of drug-likeness (QED) is 0.887. The van der Waals surface area contributed by atoms with Crippen molar-refractivity contribution < 1.29 is 22.7 Å². The second-order valence-electron chi connectivity index (χ2n) is 4.26. The Hall–Kier alpha value is -2.12. The Morgan fingerprint density at radius 1 is 1.19 bits per heavy atom. The molecule has 0 amide bonds. The minimum atomic E-state index is -4.07. The molecule has 0 atom stereocenters. The number of hydrogen-bond donors (Lipinski definition) is 2. The van der Waals surface area contributed by atoms with Gasteiger partial charge in [-0.3, -0.25) is 4.72 Å². The van der Waals surface area contributed by atoms with Crippen molar-refractivity contribution in [2.24, 2.45) is 0 Å². The Kier molecular flexibility index (Phi) is 4.44. The first-order chi connectivity index (χ1) is 9.96. The van der Waals surface area contributed by atoms with Crippen LogP contribution in [0.25, 0.3) is 0 Å². The van der Waals surface area contributed by atoms with Gasteiger partial charge in [-0.1, -0.05) is 6.07 Å². The maximum absolute atomic E-state index is 13.7. The van der Waals surface area contributed by atoms with Gasteiger partial charge >= 0.3 is 0 Å². The normalized spacial score (nSPS) is 11.2. The van der Waals surface area contributed by atoms with Gasteiger partial charge in [0.05, 0.1) is 13.7 Å². The van der Waals surface area contributed by atoms with Crippen molar-refractivity contribution in [1.29, 1.82) is 0 Å². The van der Waals surface area contributed by atoms with Crippen LogP contribution < -0.4 is 9.46 Å². The molecule has 2 aromatic rings. The average molecular weight is 311 g/mol. The number of aliphatic hydroxyl groups is 1. The number of methoxy groups -OCH3 is 1. The number of benzene rings is 2. The zero-order valence-corrected chi connectivity index (χ0v) is 12.0. The zero-order chi connectivity index (χ0) is 15.5. The molecule has 0 aliphatic carbocycles. The van der Waals surface area contributed by atoms with E-state index in [1.54, 1.807) is 12.1 Å². The van der Waals surface area contributed by atoms with Crippen LogP contribution in [-0.2, 0) is 16.6 Å². The third-order valence-electron chi connectivity index (χ3n) is 2.81. The monoisotopic (exact) mass is 311 g/mol. The van der Waals surface area contributed by atoms with Crippen molar-refractivity contribution >= 4 is 15.7 Å². The van der Waals surface area contributed by atoms with Crippen molar-refractivity contribution in [1.82, 2.24) is 0 Å². The van der Waals surface area contributed by atoms with Crippen LogP contribution in [-0.4, -0.2) is 20.6 Å². The summed E-state index contributed by atoms with van der Waals surface area (Å²) in [6, 6.07) is 9.60. The van der Waals surface area contributed by atoms with E-state index in [0.717, 1.165) is 12.1 Å². The van der Waals surface area contributed by atoms with Crippen LogP contribution in [0, 0.1) is 5.82 Å². The Labute approximate surface area is 122 Å². The third kappa shape index (κ3) is 3.50. The molecule has 0 radical (unpaired) electrons. The molecule has 0 bridgehead atoms. The van der Waals surface area contributed by atoms with Crippen LogP contribution in [0.1, 0.15) is 5.56 Å². The van der Waals surface area contributed by atoms with Gasteiger partial charge in [0.25, 0.3) is 10.0 Å². The number of nitrogens with one attached hydrogen (secondary N) is 1.